The van der Waals surface area contributed by atoms with Crippen molar-refractivity contribution < 1.29 is 19.1 Å². The van der Waals surface area contributed by atoms with Crippen molar-refractivity contribution in [2.75, 3.05) is 19.4 Å². The van der Waals surface area contributed by atoms with E-state index in [4.69, 9.17) is 9.47 Å². The van der Waals surface area contributed by atoms with Crippen molar-refractivity contribution >= 4 is 23.8 Å². The molecule has 1 fully saturated rings. The van der Waals surface area contributed by atoms with Crippen molar-refractivity contribution in [1.82, 2.24) is 4.90 Å². The number of thioether (sulfide) groups is 1. The van der Waals surface area contributed by atoms with Crippen LogP contribution in [0.1, 0.15) is 47.5 Å². The quantitative estimate of drug-likeness (QED) is 0.723. The Morgan fingerprint density at radius 1 is 1.36 bits per heavy atom. The summed E-state index contributed by atoms with van der Waals surface area (Å²) in [6.07, 6.45) is 3.53. The van der Waals surface area contributed by atoms with Crippen molar-refractivity contribution in [1.29, 1.82) is 0 Å². The summed E-state index contributed by atoms with van der Waals surface area (Å²) in [5.74, 6) is -0.444. The molecule has 0 aromatic carbocycles. The molecule has 0 aromatic heterocycles. The molecule has 128 valence electrons. The first-order valence-electron chi connectivity index (χ1n) is 7.90. The molecule has 0 unspecified atom stereocenters. The van der Waals surface area contributed by atoms with E-state index in [1.165, 1.54) is 0 Å². The number of likely N-dealkylation sites (tertiary alicyclic amines) is 1. The van der Waals surface area contributed by atoms with E-state index in [2.05, 4.69) is 0 Å². The van der Waals surface area contributed by atoms with E-state index in [0.29, 0.717) is 13.2 Å². The smallest absolute Gasteiger partial charge is 0.410 e. The molecule has 0 bridgehead atoms. The van der Waals surface area contributed by atoms with E-state index in [1.54, 1.807) is 23.6 Å². The number of amides is 1. The lowest BCUT2D eigenvalue weighted by Crippen LogP contribution is -2.47. The molecule has 1 aliphatic rings. The lowest BCUT2D eigenvalue weighted by atomic mass is 9.99. The van der Waals surface area contributed by atoms with Crippen molar-refractivity contribution in [3.63, 3.8) is 0 Å². The minimum Gasteiger partial charge on any atom is -0.466 e. The van der Waals surface area contributed by atoms with Gasteiger partial charge in [0.15, 0.2) is 0 Å². The summed E-state index contributed by atoms with van der Waals surface area (Å²) in [6, 6.07) is 0.0178. The minimum absolute atomic E-state index is 0.0178. The normalized spacial score (nSPS) is 21.4. The largest absolute Gasteiger partial charge is 0.466 e. The Labute approximate surface area is 138 Å². The van der Waals surface area contributed by atoms with Gasteiger partial charge >= 0.3 is 12.1 Å². The predicted molar refractivity (Wildman–Crippen MR) is 89.1 cm³/mol. The lowest BCUT2D eigenvalue weighted by molar-refractivity contribution is -0.147. The molecular formula is C16H29NO4S. The molecule has 22 heavy (non-hydrogen) atoms. The number of ether oxygens (including phenoxy) is 2. The molecule has 0 aromatic rings. The highest BCUT2D eigenvalue weighted by Crippen LogP contribution is 2.32. The molecule has 3 atom stereocenters. The van der Waals surface area contributed by atoms with Crippen LogP contribution >= 0.6 is 11.8 Å². The second kappa shape index (κ2) is 8.09. The number of nitrogens with zero attached hydrogens (tertiary/aromatic N) is 1. The van der Waals surface area contributed by atoms with Crippen LogP contribution in [0.4, 0.5) is 4.79 Å². The van der Waals surface area contributed by atoms with Gasteiger partial charge in [-0.05, 0) is 46.8 Å². The van der Waals surface area contributed by atoms with E-state index >= 15 is 0 Å². The monoisotopic (exact) mass is 331 g/mol. The number of carbonyl (C=O) groups excluding carboxylic acids is 2. The summed E-state index contributed by atoms with van der Waals surface area (Å²) >= 11 is 1.62. The third-order valence-corrected chi connectivity index (χ3v) is 5.00. The van der Waals surface area contributed by atoms with Crippen LogP contribution in [0, 0.1) is 5.92 Å². The third-order valence-electron chi connectivity index (χ3n) is 3.73. The van der Waals surface area contributed by atoms with Gasteiger partial charge in [0.25, 0.3) is 0 Å². The van der Waals surface area contributed by atoms with Crippen LogP contribution in [-0.2, 0) is 14.3 Å². The molecule has 0 saturated carbocycles. The minimum atomic E-state index is -0.508. The molecular weight excluding hydrogens is 302 g/mol. The zero-order valence-corrected chi connectivity index (χ0v) is 15.4. The molecule has 0 N–H and O–H groups in total. The fourth-order valence-electron chi connectivity index (χ4n) is 2.78. The number of carbonyl (C=O) groups is 2. The van der Waals surface area contributed by atoms with E-state index in [-0.39, 0.29) is 29.3 Å². The Kier molecular flexibility index (Phi) is 7.03. The summed E-state index contributed by atoms with van der Waals surface area (Å²) in [6.45, 7) is 10.3. The van der Waals surface area contributed by atoms with E-state index in [0.717, 1.165) is 12.8 Å². The maximum absolute atomic E-state index is 12.4. The van der Waals surface area contributed by atoms with Crippen LogP contribution < -0.4 is 0 Å². The molecule has 0 radical (unpaired) electrons. The summed E-state index contributed by atoms with van der Waals surface area (Å²) in [5.41, 5.74) is -0.508. The van der Waals surface area contributed by atoms with Gasteiger partial charge in [0.1, 0.15) is 5.60 Å². The third kappa shape index (κ3) is 5.07. The molecule has 1 saturated heterocycles. The van der Waals surface area contributed by atoms with Gasteiger partial charge in [0, 0.05) is 17.8 Å². The van der Waals surface area contributed by atoms with Gasteiger partial charge in [-0.2, -0.15) is 11.8 Å². The number of hydrogen-bond donors (Lipinski definition) is 0. The Bertz CT molecular complexity index is 394. The topological polar surface area (TPSA) is 55.8 Å². The standard InChI is InChI=1S/C16H29NO4S/c1-7-20-14(18)11(2)13(22-6)12-9-8-10-17(12)15(19)21-16(3,4)5/h11-13H,7-10H2,1-6H3/t11-,12+,13-/m1/s1. The van der Waals surface area contributed by atoms with E-state index in [1.807, 2.05) is 34.0 Å². The number of esters is 1. The number of rotatable bonds is 5. The fourth-order valence-corrected chi connectivity index (χ4v) is 3.90. The summed E-state index contributed by atoms with van der Waals surface area (Å²) in [4.78, 5) is 26.2. The highest BCUT2D eigenvalue weighted by atomic mass is 32.2. The fraction of sp³-hybridized carbons (Fsp3) is 0.875. The average molecular weight is 331 g/mol. The maximum Gasteiger partial charge on any atom is 0.410 e. The summed E-state index contributed by atoms with van der Waals surface area (Å²) in [5, 5.41) is 0.0223. The molecule has 1 heterocycles. The highest BCUT2D eigenvalue weighted by molar-refractivity contribution is 7.99. The van der Waals surface area contributed by atoms with Crippen molar-refractivity contribution in [3.05, 3.63) is 0 Å². The number of hydrogen-bond acceptors (Lipinski definition) is 5. The van der Waals surface area contributed by atoms with Crippen molar-refractivity contribution in [2.45, 2.75) is 64.4 Å². The molecule has 1 rings (SSSR count). The summed E-state index contributed by atoms with van der Waals surface area (Å²) < 4.78 is 10.6. The maximum atomic E-state index is 12.4. The van der Waals surface area contributed by atoms with Gasteiger partial charge in [-0.3, -0.25) is 4.79 Å². The first-order chi connectivity index (χ1) is 10.2. The van der Waals surface area contributed by atoms with Gasteiger partial charge in [-0.1, -0.05) is 6.92 Å². The SMILES string of the molecule is CCOC(=O)[C@H](C)[C@@H](SC)[C@@H]1CCCN1C(=O)OC(C)(C)C. The zero-order chi connectivity index (χ0) is 16.9. The highest BCUT2D eigenvalue weighted by Gasteiger charge is 2.41. The Morgan fingerprint density at radius 3 is 2.50 bits per heavy atom. The van der Waals surface area contributed by atoms with Crippen LogP contribution in [0.15, 0.2) is 0 Å². The van der Waals surface area contributed by atoms with Crippen molar-refractivity contribution in [3.8, 4) is 0 Å². The van der Waals surface area contributed by atoms with Gasteiger partial charge < -0.3 is 14.4 Å². The van der Waals surface area contributed by atoms with Gasteiger partial charge in [0.05, 0.1) is 12.5 Å². The first kappa shape index (κ1) is 19.1. The van der Waals surface area contributed by atoms with Crippen LogP contribution in [0.5, 0.6) is 0 Å². The van der Waals surface area contributed by atoms with Crippen LogP contribution in [-0.4, -0.2) is 53.3 Å². The zero-order valence-electron chi connectivity index (χ0n) is 14.5. The summed E-state index contributed by atoms with van der Waals surface area (Å²) in [7, 11) is 0. The molecule has 1 amide bonds. The molecule has 0 spiro atoms. The second-order valence-electron chi connectivity index (χ2n) is 6.62. The van der Waals surface area contributed by atoms with E-state index in [9.17, 15) is 9.59 Å². The van der Waals surface area contributed by atoms with Gasteiger partial charge in [0.2, 0.25) is 0 Å². The molecule has 5 nitrogen and oxygen atoms in total. The van der Waals surface area contributed by atoms with Crippen LogP contribution in [0.25, 0.3) is 0 Å². The average Bonchev–Trinajstić information content (AvgIpc) is 2.87. The first-order valence-corrected chi connectivity index (χ1v) is 9.19. The van der Waals surface area contributed by atoms with Gasteiger partial charge in [-0.15, -0.1) is 0 Å². The van der Waals surface area contributed by atoms with Crippen molar-refractivity contribution in [2.24, 2.45) is 5.92 Å². The Balaban J connectivity index is 2.82. The molecule has 0 aliphatic carbocycles. The molecule has 6 heteroatoms. The Morgan fingerprint density at radius 2 is 2.00 bits per heavy atom. The van der Waals surface area contributed by atoms with Gasteiger partial charge in [-0.25, -0.2) is 4.79 Å². The lowest BCUT2D eigenvalue weighted by Gasteiger charge is -2.34. The second-order valence-corrected chi connectivity index (χ2v) is 7.64. The predicted octanol–water partition coefficient (Wildman–Crippen LogP) is 3.32. The molecule has 1 aliphatic heterocycles. The Hall–Kier alpha value is -0.910. The van der Waals surface area contributed by atoms with Crippen LogP contribution in [0.3, 0.4) is 0 Å². The van der Waals surface area contributed by atoms with Crippen LogP contribution in [0.2, 0.25) is 0 Å². The van der Waals surface area contributed by atoms with E-state index < -0.39 is 5.60 Å².